The SMILES string of the molecule is COCCCNCCOc1ccc(F)c(C(F)(F)F)c1. The van der Waals surface area contributed by atoms with E-state index >= 15 is 0 Å². The molecule has 0 saturated carbocycles. The first kappa shape index (κ1) is 16.7. The van der Waals surface area contributed by atoms with Gasteiger partial charge in [-0.1, -0.05) is 0 Å². The van der Waals surface area contributed by atoms with Gasteiger partial charge in [-0.15, -0.1) is 0 Å². The number of alkyl halides is 3. The second kappa shape index (κ2) is 8.06. The van der Waals surface area contributed by atoms with E-state index < -0.39 is 17.6 Å². The number of ether oxygens (including phenoxy) is 2. The van der Waals surface area contributed by atoms with E-state index in [1.165, 1.54) is 6.07 Å². The maximum Gasteiger partial charge on any atom is 0.419 e. The molecule has 1 aromatic carbocycles. The van der Waals surface area contributed by atoms with Crippen molar-refractivity contribution in [3.05, 3.63) is 29.6 Å². The van der Waals surface area contributed by atoms with Gasteiger partial charge in [0.2, 0.25) is 0 Å². The van der Waals surface area contributed by atoms with Crippen LogP contribution in [0.4, 0.5) is 17.6 Å². The first-order chi connectivity index (χ1) is 9.45. The number of methoxy groups -OCH3 is 1. The largest absolute Gasteiger partial charge is 0.492 e. The first-order valence-electron chi connectivity index (χ1n) is 6.14. The fourth-order valence-electron chi connectivity index (χ4n) is 1.52. The lowest BCUT2D eigenvalue weighted by molar-refractivity contribution is -0.140. The average molecular weight is 295 g/mol. The van der Waals surface area contributed by atoms with Crippen LogP contribution in [0.3, 0.4) is 0 Å². The predicted molar refractivity (Wildman–Crippen MR) is 66.3 cm³/mol. The minimum atomic E-state index is -4.72. The minimum Gasteiger partial charge on any atom is -0.492 e. The van der Waals surface area contributed by atoms with Gasteiger partial charge in [0, 0.05) is 20.3 Å². The highest BCUT2D eigenvalue weighted by Crippen LogP contribution is 2.33. The zero-order valence-electron chi connectivity index (χ0n) is 11.1. The zero-order chi connectivity index (χ0) is 15.0. The van der Waals surface area contributed by atoms with Gasteiger partial charge in [0.15, 0.2) is 0 Å². The van der Waals surface area contributed by atoms with Gasteiger partial charge in [0.05, 0.1) is 5.56 Å². The second-order valence-corrected chi connectivity index (χ2v) is 4.08. The highest BCUT2D eigenvalue weighted by atomic mass is 19.4. The third-order valence-corrected chi connectivity index (χ3v) is 2.49. The molecule has 0 spiro atoms. The fourth-order valence-corrected chi connectivity index (χ4v) is 1.52. The fraction of sp³-hybridized carbons (Fsp3) is 0.538. The van der Waals surface area contributed by atoms with E-state index in [1.54, 1.807) is 7.11 Å². The zero-order valence-corrected chi connectivity index (χ0v) is 11.1. The average Bonchev–Trinajstić information content (AvgIpc) is 2.38. The van der Waals surface area contributed by atoms with Gasteiger partial charge in [-0.05, 0) is 31.2 Å². The highest BCUT2D eigenvalue weighted by molar-refractivity contribution is 5.31. The molecule has 1 aromatic rings. The van der Waals surface area contributed by atoms with E-state index in [0.717, 1.165) is 19.0 Å². The third kappa shape index (κ3) is 5.75. The quantitative estimate of drug-likeness (QED) is 0.591. The Labute approximate surface area is 114 Å². The van der Waals surface area contributed by atoms with Crippen LogP contribution in [0, 0.1) is 5.82 Å². The van der Waals surface area contributed by atoms with E-state index in [-0.39, 0.29) is 12.4 Å². The molecule has 0 unspecified atom stereocenters. The first-order valence-corrected chi connectivity index (χ1v) is 6.14. The molecule has 3 nitrogen and oxygen atoms in total. The maximum absolute atomic E-state index is 13.0. The molecule has 0 aliphatic heterocycles. The molecule has 0 bridgehead atoms. The van der Waals surface area contributed by atoms with Crippen LogP contribution in [-0.2, 0) is 10.9 Å². The number of hydrogen-bond donors (Lipinski definition) is 1. The Morgan fingerprint density at radius 1 is 1.15 bits per heavy atom. The van der Waals surface area contributed by atoms with E-state index in [9.17, 15) is 17.6 Å². The molecule has 0 fully saturated rings. The van der Waals surface area contributed by atoms with E-state index in [1.807, 2.05) is 0 Å². The number of rotatable bonds is 8. The van der Waals surface area contributed by atoms with Crippen LogP contribution in [-0.4, -0.2) is 33.4 Å². The number of hydrogen-bond acceptors (Lipinski definition) is 3. The molecule has 0 heterocycles. The molecule has 1 N–H and O–H groups in total. The molecule has 20 heavy (non-hydrogen) atoms. The minimum absolute atomic E-state index is 0.00239. The second-order valence-electron chi connectivity index (χ2n) is 4.08. The van der Waals surface area contributed by atoms with Crippen molar-refractivity contribution in [2.24, 2.45) is 0 Å². The van der Waals surface area contributed by atoms with Crippen LogP contribution in [0.2, 0.25) is 0 Å². The van der Waals surface area contributed by atoms with Crippen molar-refractivity contribution >= 4 is 0 Å². The molecule has 0 amide bonds. The molecule has 0 aliphatic rings. The lowest BCUT2D eigenvalue weighted by Crippen LogP contribution is -2.23. The number of benzene rings is 1. The summed E-state index contributed by atoms with van der Waals surface area (Å²) in [6, 6.07) is 2.60. The van der Waals surface area contributed by atoms with Crippen LogP contribution in [0.15, 0.2) is 18.2 Å². The number of halogens is 4. The summed E-state index contributed by atoms with van der Waals surface area (Å²) in [5.74, 6) is -1.31. The Bertz CT molecular complexity index is 410. The normalized spacial score (nSPS) is 11.7. The van der Waals surface area contributed by atoms with Gasteiger partial charge in [-0.2, -0.15) is 13.2 Å². The summed E-state index contributed by atoms with van der Waals surface area (Å²) in [6.07, 6.45) is -3.88. The van der Waals surface area contributed by atoms with Gasteiger partial charge < -0.3 is 14.8 Å². The summed E-state index contributed by atoms with van der Waals surface area (Å²) < 4.78 is 60.4. The van der Waals surface area contributed by atoms with Crippen LogP contribution < -0.4 is 10.1 Å². The molecular weight excluding hydrogens is 278 g/mol. The van der Waals surface area contributed by atoms with Crippen LogP contribution >= 0.6 is 0 Å². The van der Waals surface area contributed by atoms with Gasteiger partial charge in [0.25, 0.3) is 0 Å². The summed E-state index contributed by atoms with van der Waals surface area (Å²) in [5, 5.41) is 3.05. The summed E-state index contributed by atoms with van der Waals surface area (Å²) >= 11 is 0. The van der Waals surface area contributed by atoms with Crippen molar-refractivity contribution in [3.63, 3.8) is 0 Å². The van der Waals surface area contributed by atoms with Crippen molar-refractivity contribution in [1.82, 2.24) is 5.32 Å². The molecule has 1 rings (SSSR count). The Hall–Kier alpha value is -1.34. The Kier molecular flexibility index (Phi) is 6.74. The van der Waals surface area contributed by atoms with Crippen LogP contribution in [0.1, 0.15) is 12.0 Å². The summed E-state index contributed by atoms with van der Waals surface area (Å²) in [5.41, 5.74) is -1.32. The Balaban J connectivity index is 2.38. The summed E-state index contributed by atoms with van der Waals surface area (Å²) in [4.78, 5) is 0. The Morgan fingerprint density at radius 3 is 2.55 bits per heavy atom. The van der Waals surface area contributed by atoms with Crippen molar-refractivity contribution < 1.29 is 27.0 Å². The predicted octanol–water partition coefficient (Wildman–Crippen LogP) is 2.85. The molecule has 0 atom stereocenters. The molecule has 0 aliphatic carbocycles. The van der Waals surface area contributed by atoms with E-state index in [2.05, 4.69) is 5.32 Å². The van der Waals surface area contributed by atoms with E-state index in [0.29, 0.717) is 19.2 Å². The van der Waals surface area contributed by atoms with Crippen molar-refractivity contribution in [3.8, 4) is 5.75 Å². The lowest BCUT2D eigenvalue weighted by atomic mass is 10.2. The lowest BCUT2D eigenvalue weighted by Gasteiger charge is -2.11. The van der Waals surface area contributed by atoms with E-state index in [4.69, 9.17) is 9.47 Å². The van der Waals surface area contributed by atoms with Gasteiger partial charge in [0.1, 0.15) is 18.2 Å². The highest BCUT2D eigenvalue weighted by Gasteiger charge is 2.34. The standard InChI is InChI=1S/C13H17F4NO2/c1-19-7-2-5-18-6-8-20-10-3-4-12(14)11(9-10)13(15,16)17/h3-4,9,18H,2,5-8H2,1H3. The number of nitrogens with one attached hydrogen (secondary N) is 1. The Morgan fingerprint density at radius 2 is 1.90 bits per heavy atom. The molecule has 7 heteroatoms. The van der Waals surface area contributed by atoms with Crippen LogP contribution in [0.25, 0.3) is 0 Å². The van der Waals surface area contributed by atoms with Gasteiger partial charge in [-0.3, -0.25) is 0 Å². The van der Waals surface area contributed by atoms with Gasteiger partial charge >= 0.3 is 6.18 Å². The summed E-state index contributed by atoms with van der Waals surface area (Å²) in [7, 11) is 1.61. The van der Waals surface area contributed by atoms with Crippen molar-refractivity contribution in [2.75, 3.05) is 33.4 Å². The molecule has 0 saturated heterocycles. The van der Waals surface area contributed by atoms with Crippen molar-refractivity contribution in [2.45, 2.75) is 12.6 Å². The van der Waals surface area contributed by atoms with Crippen molar-refractivity contribution in [1.29, 1.82) is 0 Å². The smallest absolute Gasteiger partial charge is 0.419 e. The molecule has 114 valence electrons. The van der Waals surface area contributed by atoms with Crippen LogP contribution in [0.5, 0.6) is 5.75 Å². The topological polar surface area (TPSA) is 30.5 Å². The monoisotopic (exact) mass is 295 g/mol. The third-order valence-electron chi connectivity index (χ3n) is 2.49. The summed E-state index contributed by atoms with van der Waals surface area (Å²) in [6.45, 7) is 2.06. The molecule has 0 aromatic heterocycles. The molecular formula is C13H17F4NO2. The van der Waals surface area contributed by atoms with Gasteiger partial charge in [-0.25, -0.2) is 4.39 Å². The maximum atomic E-state index is 13.0. The molecule has 0 radical (unpaired) electrons.